The fourth-order valence-corrected chi connectivity index (χ4v) is 3.11. The summed E-state index contributed by atoms with van der Waals surface area (Å²) < 4.78 is 69.6. The van der Waals surface area contributed by atoms with Crippen LogP contribution in [0.4, 0.5) is 17.6 Å². The Morgan fingerprint density at radius 1 is 1.14 bits per heavy atom. The van der Waals surface area contributed by atoms with Crippen molar-refractivity contribution >= 4 is 5.57 Å². The van der Waals surface area contributed by atoms with Crippen molar-refractivity contribution in [1.29, 1.82) is 0 Å². The van der Waals surface area contributed by atoms with Crippen LogP contribution in [0.5, 0.6) is 0 Å². The van der Waals surface area contributed by atoms with Crippen molar-refractivity contribution in [3.63, 3.8) is 0 Å². The Bertz CT molecular complexity index is 883. The number of hydrogen-bond acceptors (Lipinski definition) is 5. The zero-order chi connectivity index (χ0) is 19.7. The average molecular weight is 396 g/mol. The summed E-state index contributed by atoms with van der Waals surface area (Å²) in [4.78, 5) is 4.13. The number of alkyl halides is 3. The first-order valence-electron chi connectivity index (χ1n) is 8.70. The maximum absolute atomic E-state index is 13.6. The molecule has 0 saturated carbocycles. The number of rotatable bonds is 4. The van der Waals surface area contributed by atoms with Crippen molar-refractivity contribution in [3.8, 4) is 11.5 Å². The van der Waals surface area contributed by atoms with Gasteiger partial charge in [-0.2, -0.15) is 18.2 Å². The van der Waals surface area contributed by atoms with Crippen LogP contribution in [0.1, 0.15) is 12.2 Å². The normalized spacial score (nSPS) is 25.1. The van der Waals surface area contributed by atoms with Crippen molar-refractivity contribution in [2.45, 2.75) is 24.8 Å². The van der Waals surface area contributed by atoms with Gasteiger partial charge in [0.1, 0.15) is 11.7 Å². The molecule has 28 heavy (non-hydrogen) atoms. The minimum Gasteiger partial charge on any atom is -0.379 e. The SMILES string of the molecule is Fc1ccc(-c2nc(C3=CC(C(F)(F)F)C(OC4CCOC4)C=C3)no2)cc1. The van der Waals surface area contributed by atoms with Gasteiger partial charge in [0.25, 0.3) is 5.89 Å². The van der Waals surface area contributed by atoms with Crippen LogP contribution in [0.3, 0.4) is 0 Å². The summed E-state index contributed by atoms with van der Waals surface area (Å²) >= 11 is 0. The molecular weight excluding hydrogens is 380 g/mol. The number of nitrogens with zero attached hydrogens (tertiary/aromatic N) is 2. The number of halogens is 4. The molecule has 0 amide bonds. The molecule has 1 aromatic carbocycles. The Morgan fingerprint density at radius 3 is 2.61 bits per heavy atom. The minimum absolute atomic E-state index is 0.0208. The van der Waals surface area contributed by atoms with Gasteiger partial charge in [0.15, 0.2) is 0 Å². The lowest BCUT2D eigenvalue weighted by molar-refractivity contribution is -0.190. The summed E-state index contributed by atoms with van der Waals surface area (Å²) in [6.45, 7) is 0.769. The summed E-state index contributed by atoms with van der Waals surface area (Å²) in [5.74, 6) is -2.14. The molecule has 0 radical (unpaired) electrons. The minimum atomic E-state index is -4.50. The van der Waals surface area contributed by atoms with Gasteiger partial charge in [-0.3, -0.25) is 0 Å². The smallest absolute Gasteiger partial charge is 0.379 e. The first-order valence-corrected chi connectivity index (χ1v) is 8.70. The van der Waals surface area contributed by atoms with Crippen LogP contribution in [0.2, 0.25) is 0 Å². The van der Waals surface area contributed by atoms with Crippen LogP contribution in [0, 0.1) is 11.7 Å². The second-order valence-electron chi connectivity index (χ2n) is 6.56. The van der Waals surface area contributed by atoms with E-state index < -0.39 is 24.0 Å². The number of benzene rings is 1. The number of allylic oxidation sites excluding steroid dienone is 2. The third-order valence-electron chi connectivity index (χ3n) is 4.57. The molecule has 148 valence electrons. The monoisotopic (exact) mass is 396 g/mol. The van der Waals surface area contributed by atoms with E-state index in [1.807, 2.05) is 0 Å². The van der Waals surface area contributed by atoms with Crippen molar-refractivity contribution in [3.05, 3.63) is 54.1 Å². The maximum Gasteiger partial charge on any atom is 0.397 e. The van der Waals surface area contributed by atoms with Crippen molar-refractivity contribution in [2.24, 2.45) is 5.92 Å². The van der Waals surface area contributed by atoms with Crippen LogP contribution in [0.15, 0.2) is 47.0 Å². The van der Waals surface area contributed by atoms with E-state index >= 15 is 0 Å². The van der Waals surface area contributed by atoms with E-state index in [2.05, 4.69) is 10.1 Å². The lowest BCUT2D eigenvalue weighted by atomic mass is 9.92. The van der Waals surface area contributed by atoms with Gasteiger partial charge in [0.2, 0.25) is 5.82 Å². The van der Waals surface area contributed by atoms with Crippen molar-refractivity contribution in [2.75, 3.05) is 13.2 Å². The number of aromatic nitrogens is 2. The van der Waals surface area contributed by atoms with Crippen molar-refractivity contribution in [1.82, 2.24) is 10.1 Å². The first kappa shape index (κ1) is 18.8. The second-order valence-corrected chi connectivity index (χ2v) is 6.56. The molecule has 0 spiro atoms. The predicted octanol–water partition coefficient (Wildman–Crippen LogP) is 4.18. The lowest BCUT2D eigenvalue weighted by Gasteiger charge is -2.29. The molecule has 1 aliphatic carbocycles. The average Bonchev–Trinajstić information content (AvgIpc) is 3.34. The largest absolute Gasteiger partial charge is 0.397 e. The Balaban J connectivity index is 1.57. The molecule has 2 aromatic rings. The molecule has 1 saturated heterocycles. The fraction of sp³-hybridized carbons (Fsp3) is 0.368. The van der Waals surface area contributed by atoms with Gasteiger partial charge < -0.3 is 14.0 Å². The van der Waals surface area contributed by atoms with E-state index in [0.717, 1.165) is 6.08 Å². The highest BCUT2D eigenvalue weighted by molar-refractivity contribution is 5.72. The second kappa shape index (κ2) is 7.48. The highest BCUT2D eigenvalue weighted by atomic mass is 19.4. The van der Waals surface area contributed by atoms with Gasteiger partial charge in [-0.25, -0.2) is 4.39 Å². The zero-order valence-electron chi connectivity index (χ0n) is 14.5. The van der Waals surface area contributed by atoms with Gasteiger partial charge in [-0.05, 0) is 30.7 Å². The number of hydrogen-bond donors (Lipinski definition) is 0. The molecule has 2 heterocycles. The highest BCUT2D eigenvalue weighted by Crippen LogP contribution is 2.38. The third-order valence-corrected chi connectivity index (χ3v) is 4.57. The molecule has 0 N–H and O–H groups in total. The predicted molar refractivity (Wildman–Crippen MR) is 90.5 cm³/mol. The Morgan fingerprint density at radius 2 is 1.93 bits per heavy atom. The van der Waals surface area contributed by atoms with Gasteiger partial charge in [-0.1, -0.05) is 23.4 Å². The Kier molecular flexibility index (Phi) is 5.03. The topological polar surface area (TPSA) is 57.4 Å². The molecular formula is C19H16F4N2O3. The van der Waals surface area contributed by atoms with E-state index in [1.165, 1.54) is 36.4 Å². The van der Waals surface area contributed by atoms with E-state index in [1.54, 1.807) is 0 Å². The molecule has 4 rings (SSSR count). The fourth-order valence-electron chi connectivity index (χ4n) is 3.11. The highest BCUT2D eigenvalue weighted by Gasteiger charge is 2.45. The van der Waals surface area contributed by atoms with Crippen molar-refractivity contribution < 1.29 is 31.6 Å². The first-order chi connectivity index (χ1) is 13.4. The molecule has 3 unspecified atom stereocenters. The summed E-state index contributed by atoms with van der Waals surface area (Å²) in [5, 5.41) is 3.76. The molecule has 3 atom stereocenters. The molecule has 2 aliphatic rings. The van der Waals surface area contributed by atoms with E-state index in [-0.39, 0.29) is 30.0 Å². The molecule has 1 aromatic heterocycles. The standard InChI is InChI=1S/C19H16F4N2O3/c20-13-4-1-11(2-5-13)18-24-17(25-28-18)12-3-6-16(15(9-12)19(21,22)23)27-14-7-8-26-10-14/h1-6,9,14-16H,7-8,10H2. The zero-order valence-corrected chi connectivity index (χ0v) is 14.5. The van der Waals surface area contributed by atoms with Crippen LogP contribution < -0.4 is 0 Å². The molecule has 0 bridgehead atoms. The van der Waals surface area contributed by atoms with Gasteiger partial charge in [0.05, 0.1) is 18.8 Å². The van der Waals surface area contributed by atoms with E-state index in [9.17, 15) is 17.6 Å². The van der Waals surface area contributed by atoms with Crippen LogP contribution >= 0.6 is 0 Å². The summed E-state index contributed by atoms with van der Waals surface area (Å²) in [6.07, 6.45) is -1.54. The quantitative estimate of drug-likeness (QED) is 0.726. The summed E-state index contributed by atoms with van der Waals surface area (Å²) in [5.41, 5.74) is 0.650. The summed E-state index contributed by atoms with van der Waals surface area (Å²) in [7, 11) is 0. The van der Waals surface area contributed by atoms with E-state index in [0.29, 0.717) is 18.6 Å². The maximum atomic E-state index is 13.6. The van der Waals surface area contributed by atoms with Crippen LogP contribution in [-0.4, -0.2) is 41.7 Å². The van der Waals surface area contributed by atoms with Gasteiger partial charge >= 0.3 is 6.18 Å². The van der Waals surface area contributed by atoms with Crippen LogP contribution in [-0.2, 0) is 9.47 Å². The molecule has 1 fully saturated rings. The van der Waals surface area contributed by atoms with E-state index in [4.69, 9.17) is 14.0 Å². The third kappa shape index (κ3) is 4.00. The molecule has 5 nitrogen and oxygen atoms in total. The molecule has 9 heteroatoms. The summed E-state index contributed by atoms with van der Waals surface area (Å²) in [6, 6.07) is 5.36. The molecule has 1 aliphatic heterocycles. The lowest BCUT2D eigenvalue weighted by Crippen LogP contribution is -2.37. The van der Waals surface area contributed by atoms with Gasteiger partial charge in [0, 0.05) is 17.7 Å². The Hall–Kier alpha value is -2.52. The number of ether oxygens (including phenoxy) is 2. The van der Waals surface area contributed by atoms with Gasteiger partial charge in [-0.15, -0.1) is 0 Å². The van der Waals surface area contributed by atoms with Crippen LogP contribution in [0.25, 0.3) is 17.0 Å². The Labute approximate surface area is 157 Å².